The van der Waals surface area contributed by atoms with Crippen molar-refractivity contribution in [2.45, 2.75) is 116 Å². The zero-order chi connectivity index (χ0) is 42.6. The van der Waals surface area contributed by atoms with Crippen LogP contribution in [0.2, 0.25) is 0 Å². The number of unbranched alkanes of at least 4 members (excludes halogenated alkanes) is 4. The number of nitrogens with one attached hydrogen (secondary N) is 5. The van der Waals surface area contributed by atoms with Crippen LogP contribution in [0.4, 0.5) is 0 Å². The van der Waals surface area contributed by atoms with Crippen LogP contribution in [0.5, 0.6) is 11.5 Å². The number of cyclic esters (lactones) is 1. The smallest absolute Gasteiger partial charge is 0.329 e. The van der Waals surface area contributed by atoms with Crippen molar-refractivity contribution in [2.24, 2.45) is 11.8 Å². The number of rotatable bonds is 19. The normalized spacial score (nSPS) is 19.2. The zero-order valence-electron chi connectivity index (χ0n) is 34.5. The summed E-state index contributed by atoms with van der Waals surface area (Å²) in [6, 6.07) is 8.00. The van der Waals surface area contributed by atoms with Crippen LogP contribution in [0.3, 0.4) is 0 Å². The van der Waals surface area contributed by atoms with Gasteiger partial charge in [-0.05, 0) is 60.1 Å². The van der Waals surface area contributed by atoms with Gasteiger partial charge in [-0.1, -0.05) is 96.4 Å². The second-order valence-electron chi connectivity index (χ2n) is 15.2. The molecule has 6 N–H and O–H groups in total. The van der Waals surface area contributed by atoms with Crippen LogP contribution in [0.15, 0.2) is 72.8 Å². The Hall–Kier alpha value is -5.66. The van der Waals surface area contributed by atoms with Crippen molar-refractivity contribution < 1.29 is 43.3 Å². The van der Waals surface area contributed by atoms with Crippen molar-refractivity contribution in [2.75, 3.05) is 13.7 Å². The number of allylic oxidation sites excluding steroid dienone is 1. The number of carbonyl (C=O) groups is 6. The van der Waals surface area contributed by atoms with Gasteiger partial charge in [-0.15, -0.1) is 0 Å². The number of benzene rings is 2. The maximum absolute atomic E-state index is 13.9. The molecule has 0 bridgehead atoms. The molecule has 5 atom stereocenters. The highest BCUT2D eigenvalue weighted by Gasteiger charge is 2.33. The molecule has 0 fully saturated rings. The minimum absolute atomic E-state index is 0.0515. The number of esters is 1. The number of hydrogen-bond donors (Lipinski definition) is 6. The van der Waals surface area contributed by atoms with E-state index in [1.54, 1.807) is 70.2 Å². The lowest BCUT2D eigenvalue weighted by atomic mass is 10.00. The van der Waals surface area contributed by atoms with Crippen LogP contribution in [0.1, 0.15) is 84.3 Å². The van der Waals surface area contributed by atoms with Gasteiger partial charge < -0.3 is 41.2 Å². The van der Waals surface area contributed by atoms with Gasteiger partial charge in [0.25, 0.3) is 0 Å². The quantitative estimate of drug-likeness (QED) is 0.0691. The van der Waals surface area contributed by atoms with Gasteiger partial charge in [0.05, 0.1) is 13.2 Å². The van der Waals surface area contributed by atoms with Gasteiger partial charge in [0.2, 0.25) is 29.5 Å². The Morgan fingerprint density at radius 1 is 0.897 bits per heavy atom. The fourth-order valence-electron chi connectivity index (χ4n) is 6.20. The summed E-state index contributed by atoms with van der Waals surface area (Å²) in [6.07, 6.45) is 11.8. The first-order chi connectivity index (χ1) is 27.7. The second-order valence-corrected chi connectivity index (χ2v) is 15.2. The summed E-state index contributed by atoms with van der Waals surface area (Å²) in [7, 11) is 1.54. The molecule has 14 nitrogen and oxygen atoms in total. The molecule has 2 aromatic carbocycles. The van der Waals surface area contributed by atoms with E-state index in [4.69, 9.17) is 9.47 Å². The number of carbonyl (C=O) groups excluding carboxylic acids is 6. The minimum Gasteiger partial charge on any atom is -0.508 e. The predicted molar refractivity (Wildman–Crippen MR) is 220 cm³/mol. The van der Waals surface area contributed by atoms with E-state index in [1.165, 1.54) is 25.3 Å². The Labute approximate surface area is 342 Å². The molecule has 58 heavy (non-hydrogen) atoms. The van der Waals surface area contributed by atoms with E-state index in [2.05, 4.69) is 33.5 Å². The maximum atomic E-state index is 13.9. The highest BCUT2D eigenvalue weighted by atomic mass is 16.5. The lowest BCUT2D eigenvalue weighted by molar-refractivity contribution is -0.149. The Morgan fingerprint density at radius 2 is 1.59 bits per heavy atom. The van der Waals surface area contributed by atoms with E-state index in [9.17, 15) is 33.9 Å². The highest BCUT2D eigenvalue weighted by molar-refractivity contribution is 5.95. The molecule has 0 saturated heterocycles. The molecule has 5 amide bonds. The van der Waals surface area contributed by atoms with Crippen LogP contribution >= 0.6 is 0 Å². The third-order valence-electron chi connectivity index (χ3n) is 9.63. The molecule has 1 aliphatic heterocycles. The molecule has 0 aromatic heterocycles. The molecular formula is C44H61N5O9. The van der Waals surface area contributed by atoms with E-state index in [1.807, 2.05) is 6.08 Å². The van der Waals surface area contributed by atoms with Gasteiger partial charge >= 0.3 is 5.97 Å². The first kappa shape index (κ1) is 46.7. The van der Waals surface area contributed by atoms with E-state index in [-0.39, 0.29) is 43.4 Å². The van der Waals surface area contributed by atoms with Crippen molar-refractivity contribution >= 4 is 35.5 Å². The molecule has 1 heterocycles. The zero-order valence-corrected chi connectivity index (χ0v) is 34.5. The van der Waals surface area contributed by atoms with Gasteiger partial charge in [0.15, 0.2) is 0 Å². The molecule has 3 rings (SSSR count). The third-order valence-corrected chi connectivity index (χ3v) is 9.63. The minimum atomic E-state index is -1.12. The first-order valence-electron chi connectivity index (χ1n) is 20.1. The standard InChI is InChI=1S/C44H61N5O9/c1-7-8-9-10-11-12-13-14-37(51)46-35(25-30-15-20-33(50)21-16-30)41(53)49-40(29(4)5)42(54)45-32-19-24-38(52)48-39(28(2)3)43(55)47-36(44(56)58-27-32)26-31-17-22-34(57-6)23-18-31/h12-13,15-24,28-29,32,35-36,39-40,50H,7-11,14,25-27H2,1-6H3,(H,45,54)(H,46,51)(H,47,55)(H,48,52)(H,49,53)/b13-12-,24-19+/t32-,35?,36+,39+,40?/m1/s1. The number of phenolic OH excluding ortho intramolecular Hbond substituents is 1. The van der Waals surface area contributed by atoms with Crippen molar-refractivity contribution in [3.05, 3.63) is 84.0 Å². The summed E-state index contributed by atoms with van der Waals surface area (Å²) in [6.45, 7) is 8.76. The fraction of sp³-hybridized carbons (Fsp3) is 0.500. The Bertz CT molecular complexity index is 1720. The Kier molecular flexibility index (Phi) is 19.5. The third kappa shape index (κ3) is 16.1. The number of phenols is 1. The molecule has 1 aliphatic rings. The van der Waals surface area contributed by atoms with Crippen LogP contribution < -0.4 is 31.3 Å². The predicted octanol–water partition coefficient (Wildman–Crippen LogP) is 3.95. The van der Waals surface area contributed by atoms with Gasteiger partial charge in [0, 0.05) is 25.3 Å². The monoisotopic (exact) mass is 803 g/mol. The number of hydrogen-bond acceptors (Lipinski definition) is 9. The Morgan fingerprint density at radius 3 is 2.22 bits per heavy atom. The molecular weight excluding hydrogens is 743 g/mol. The van der Waals surface area contributed by atoms with E-state index >= 15 is 0 Å². The largest absolute Gasteiger partial charge is 0.508 e. The summed E-state index contributed by atoms with van der Waals surface area (Å²) in [5.41, 5.74) is 1.39. The second kappa shape index (κ2) is 24.2. The van der Waals surface area contributed by atoms with Crippen LogP contribution in [0.25, 0.3) is 0 Å². The van der Waals surface area contributed by atoms with Gasteiger partial charge in [-0.3, -0.25) is 24.0 Å². The molecule has 0 spiro atoms. The summed E-state index contributed by atoms with van der Waals surface area (Å²) in [4.78, 5) is 80.6. The van der Waals surface area contributed by atoms with Crippen LogP contribution in [-0.4, -0.2) is 84.5 Å². The van der Waals surface area contributed by atoms with Crippen molar-refractivity contribution in [3.63, 3.8) is 0 Å². The lowest BCUT2D eigenvalue weighted by Crippen LogP contribution is -2.57. The maximum Gasteiger partial charge on any atom is 0.329 e. The highest BCUT2D eigenvalue weighted by Crippen LogP contribution is 2.16. The fourth-order valence-corrected chi connectivity index (χ4v) is 6.20. The molecule has 2 aromatic rings. The van der Waals surface area contributed by atoms with Gasteiger partial charge in [-0.25, -0.2) is 4.79 Å². The average molecular weight is 804 g/mol. The topological polar surface area (TPSA) is 201 Å². The number of amides is 5. The molecule has 316 valence electrons. The van der Waals surface area contributed by atoms with Crippen LogP contribution in [-0.2, 0) is 46.3 Å². The first-order valence-corrected chi connectivity index (χ1v) is 20.1. The Balaban J connectivity index is 1.79. The SMILES string of the molecule is CCCCCC/C=C\CC(=O)NC(Cc1ccc(O)cc1)C(=O)NC(C(=O)N[C@@H]1/C=C/C(=O)N[C@@H](C(C)C)C(=O)N[C@@H](Cc2ccc(OC)cc2)C(=O)OC1)C(C)C. The lowest BCUT2D eigenvalue weighted by Gasteiger charge is -2.28. The summed E-state index contributed by atoms with van der Waals surface area (Å²) in [5.74, 6) is -3.58. The van der Waals surface area contributed by atoms with Crippen LogP contribution in [0, 0.1) is 11.8 Å². The summed E-state index contributed by atoms with van der Waals surface area (Å²) >= 11 is 0. The van der Waals surface area contributed by atoms with E-state index < -0.39 is 65.7 Å². The van der Waals surface area contributed by atoms with E-state index in [0.717, 1.165) is 43.7 Å². The van der Waals surface area contributed by atoms with Crippen molar-refractivity contribution in [3.8, 4) is 11.5 Å². The van der Waals surface area contributed by atoms with Gasteiger partial charge in [-0.2, -0.15) is 0 Å². The summed E-state index contributed by atoms with van der Waals surface area (Å²) < 4.78 is 10.9. The molecule has 2 unspecified atom stereocenters. The molecule has 0 saturated carbocycles. The van der Waals surface area contributed by atoms with Crippen molar-refractivity contribution in [1.29, 1.82) is 0 Å². The average Bonchev–Trinajstić information content (AvgIpc) is 3.19. The molecule has 14 heteroatoms. The number of aromatic hydroxyl groups is 1. The van der Waals surface area contributed by atoms with Crippen molar-refractivity contribution in [1.82, 2.24) is 26.6 Å². The van der Waals surface area contributed by atoms with E-state index in [0.29, 0.717) is 11.3 Å². The van der Waals surface area contributed by atoms with Gasteiger partial charge in [0.1, 0.15) is 42.3 Å². The number of methoxy groups -OCH3 is 1. The summed E-state index contributed by atoms with van der Waals surface area (Å²) in [5, 5.41) is 23.6. The molecule has 0 aliphatic carbocycles. The number of ether oxygens (including phenoxy) is 2. The molecule has 0 radical (unpaired) electrons.